The zero-order chi connectivity index (χ0) is 15.0. The molecule has 9 nitrogen and oxygen atoms in total. The van der Waals surface area contributed by atoms with E-state index in [1.54, 1.807) is 0 Å². The fourth-order valence-electron chi connectivity index (χ4n) is 3.38. The van der Waals surface area contributed by atoms with E-state index < -0.39 is 4.92 Å². The molecular formula is C12H19N7O2. The van der Waals surface area contributed by atoms with E-state index in [1.165, 1.54) is 12.7 Å². The smallest absolute Gasteiger partial charge is 0.349 e. The highest BCUT2D eigenvalue weighted by atomic mass is 16.6. The molecule has 3 rings (SSSR count). The fraction of sp³-hybridized carbons (Fsp3) is 0.667. The van der Waals surface area contributed by atoms with Crippen molar-refractivity contribution in [3.05, 3.63) is 16.4 Å². The van der Waals surface area contributed by atoms with Crippen LogP contribution in [0.1, 0.15) is 19.3 Å². The second-order valence-electron chi connectivity index (χ2n) is 5.58. The average Bonchev–Trinajstić information content (AvgIpc) is 2.71. The maximum Gasteiger partial charge on any atom is 0.354 e. The minimum Gasteiger partial charge on any atom is -0.349 e. The van der Waals surface area contributed by atoms with Crippen LogP contribution in [0.25, 0.3) is 0 Å². The Morgan fingerprint density at radius 3 is 2.86 bits per heavy atom. The van der Waals surface area contributed by atoms with Gasteiger partial charge in [-0.05, 0) is 26.3 Å². The molecule has 2 atom stereocenters. The van der Waals surface area contributed by atoms with E-state index in [0.29, 0.717) is 17.9 Å². The number of nitrogens with two attached hydrogens (primary N) is 1. The summed E-state index contributed by atoms with van der Waals surface area (Å²) >= 11 is 0. The van der Waals surface area contributed by atoms with Gasteiger partial charge < -0.3 is 10.3 Å². The molecular weight excluding hydrogens is 274 g/mol. The van der Waals surface area contributed by atoms with Crippen LogP contribution in [0.3, 0.4) is 0 Å². The summed E-state index contributed by atoms with van der Waals surface area (Å²) < 4.78 is 0. The van der Waals surface area contributed by atoms with E-state index >= 15 is 0 Å². The first-order valence-electron chi connectivity index (χ1n) is 7.04. The van der Waals surface area contributed by atoms with Crippen LogP contribution in [-0.2, 0) is 0 Å². The molecule has 2 fully saturated rings. The van der Waals surface area contributed by atoms with E-state index in [-0.39, 0.29) is 11.5 Å². The third-order valence-corrected chi connectivity index (χ3v) is 4.57. The normalized spacial score (nSPS) is 25.7. The number of nitrogens with one attached hydrogen (secondary N) is 1. The molecule has 0 radical (unpaired) electrons. The second kappa shape index (κ2) is 5.41. The molecule has 21 heavy (non-hydrogen) atoms. The van der Waals surface area contributed by atoms with Crippen molar-refractivity contribution in [2.24, 2.45) is 5.84 Å². The molecule has 0 amide bonds. The number of likely N-dealkylation sites (N-methyl/N-ethyl adjacent to an activating group) is 1. The van der Waals surface area contributed by atoms with Gasteiger partial charge in [0.2, 0.25) is 11.6 Å². The van der Waals surface area contributed by atoms with E-state index in [0.717, 1.165) is 25.9 Å². The standard InChI is InChI=1S/C12H19N7O2/c1-17-8-2-3-9(17)6-18(5-4-8)12-10(19(20)21)11(16-13)14-7-15-12/h7-9H,2-6,13H2,1H3,(H,14,15,16). The Hall–Kier alpha value is -2.00. The molecule has 2 unspecified atom stereocenters. The Kier molecular flexibility index (Phi) is 3.60. The first-order chi connectivity index (χ1) is 10.1. The van der Waals surface area contributed by atoms with Crippen molar-refractivity contribution in [2.75, 3.05) is 30.5 Å². The number of nitrogen functional groups attached to an aromatic ring is 1. The summed E-state index contributed by atoms with van der Waals surface area (Å²) in [6, 6.07) is 0.981. The number of fused-ring (bicyclic) bond motifs is 2. The Bertz CT molecular complexity index is 552. The number of nitro groups is 1. The van der Waals surface area contributed by atoms with Crippen molar-refractivity contribution in [3.8, 4) is 0 Å². The number of anilines is 2. The van der Waals surface area contributed by atoms with Gasteiger partial charge in [-0.25, -0.2) is 15.8 Å². The molecule has 0 aliphatic carbocycles. The molecule has 1 aromatic rings. The van der Waals surface area contributed by atoms with E-state index in [4.69, 9.17) is 5.84 Å². The van der Waals surface area contributed by atoms with Gasteiger partial charge >= 0.3 is 5.69 Å². The molecule has 2 aliphatic heterocycles. The molecule has 2 saturated heterocycles. The zero-order valence-corrected chi connectivity index (χ0v) is 11.9. The van der Waals surface area contributed by atoms with Crippen LogP contribution in [0, 0.1) is 10.1 Å². The molecule has 1 aromatic heterocycles. The van der Waals surface area contributed by atoms with Crippen LogP contribution >= 0.6 is 0 Å². The van der Waals surface area contributed by atoms with E-state index in [2.05, 4.69) is 27.3 Å². The molecule has 9 heteroatoms. The highest BCUT2D eigenvalue weighted by Crippen LogP contribution is 2.35. The minimum absolute atomic E-state index is 0.0489. The molecule has 0 spiro atoms. The van der Waals surface area contributed by atoms with Crippen LogP contribution in [0.15, 0.2) is 6.33 Å². The lowest BCUT2D eigenvalue weighted by molar-refractivity contribution is -0.383. The SMILES string of the molecule is CN1C2CCC1CN(c1ncnc(NN)c1[N+](=O)[O-])CC2. The van der Waals surface area contributed by atoms with Gasteiger partial charge in [0, 0.05) is 25.2 Å². The molecule has 0 aromatic carbocycles. The summed E-state index contributed by atoms with van der Waals surface area (Å²) in [6.07, 6.45) is 4.62. The molecule has 0 saturated carbocycles. The van der Waals surface area contributed by atoms with Gasteiger partial charge in [0.1, 0.15) is 6.33 Å². The fourth-order valence-corrected chi connectivity index (χ4v) is 3.38. The van der Waals surface area contributed by atoms with Crippen LogP contribution in [0.2, 0.25) is 0 Å². The van der Waals surface area contributed by atoms with E-state index in [1.807, 2.05) is 4.90 Å². The van der Waals surface area contributed by atoms with Gasteiger partial charge in [0.15, 0.2) is 0 Å². The monoisotopic (exact) mass is 293 g/mol. The van der Waals surface area contributed by atoms with Crippen LogP contribution in [-0.4, -0.2) is 52.0 Å². The minimum atomic E-state index is -0.475. The zero-order valence-electron chi connectivity index (χ0n) is 11.9. The van der Waals surface area contributed by atoms with Crippen LogP contribution in [0.4, 0.5) is 17.3 Å². The lowest BCUT2D eigenvalue weighted by Crippen LogP contribution is -2.37. The van der Waals surface area contributed by atoms with Gasteiger partial charge in [-0.2, -0.15) is 0 Å². The van der Waals surface area contributed by atoms with Crippen molar-refractivity contribution >= 4 is 17.3 Å². The van der Waals surface area contributed by atoms with Gasteiger partial charge in [-0.3, -0.25) is 15.0 Å². The molecule has 2 bridgehead atoms. The summed E-state index contributed by atoms with van der Waals surface area (Å²) in [5, 5.41) is 11.3. The Morgan fingerprint density at radius 2 is 2.14 bits per heavy atom. The van der Waals surface area contributed by atoms with Gasteiger partial charge in [0.05, 0.1) is 4.92 Å². The number of hydrogen-bond acceptors (Lipinski definition) is 8. The summed E-state index contributed by atoms with van der Waals surface area (Å²) in [5.41, 5.74) is 2.13. The lowest BCUT2D eigenvalue weighted by Gasteiger charge is -2.26. The lowest BCUT2D eigenvalue weighted by atomic mass is 10.1. The summed E-state index contributed by atoms with van der Waals surface area (Å²) in [6.45, 7) is 1.50. The summed E-state index contributed by atoms with van der Waals surface area (Å²) in [5.74, 6) is 5.73. The van der Waals surface area contributed by atoms with E-state index in [9.17, 15) is 10.1 Å². The van der Waals surface area contributed by atoms with Crippen molar-refractivity contribution < 1.29 is 4.92 Å². The molecule has 3 heterocycles. The second-order valence-corrected chi connectivity index (χ2v) is 5.58. The first-order valence-corrected chi connectivity index (χ1v) is 7.04. The van der Waals surface area contributed by atoms with Crippen LogP contribution < -0.4 is 16.2 Å². The Morgan fingerprint density at radius 1 is 1.38 bits per heavy atom. The first kappa shape index (κ1) is 14.0. The highest BCUT2D eigenvalue weighted by molar-refractivity contribution is 5.70. The molecule has 2 aliphatic rings. The van der Waals surface area contributed by atoms with Crippen molar-refractivity contribution in [1.29, 1.82) is 0 Å². The number of hydrazine groups is 1. The van der Waals surface area contributed by atoms with Crippen molar-refractivity contribution in [2.45, 2.75) is 31.3 Å². The highest BCUT2D eigenvalue weighted by Gasteiger charge is 2.37. The van der Waals surface area contributed by atoms with Gasteiger partial charge in [-0.1, -0.05) is 0 Å². The third-order valence-electron chi connectivity index (χ3n) is 4.57. The predicted octanol–water partition coefficient (Wildman–Crippen LogP) is 0.343. The third kappa shape index (κ3) is 2.38. The molecule has 114 valence electrons. The average molecular weight is 293 g/mol. The number of hydrogen-bond donors (Lipinski definition) is 2. The topological polar surface area (TPSA) is 113 Å². The largest absolute Gasteiger partial charge is 0.354 e. The Labute approximate surface area is 122 Å². The summed E-state index contributed by atoms with van der Waals surface area (Å²) in [7, 11) is 2.13. The number of nitrogens with zero attached hydrogens (tertiary/aromatic N) is 5. The summed E-state index contributed by atoms with van der Waals surface area (Å²) in [4.78, 5) is 23.2. The van der Waals surface area contributed by atoms with Crippen LogP contribution in [0.5, 0.6) is 0 Å². The quantitative estimate of drug-likeness (QED) is 0.466. The van der Waals surface area contributed by atoms with Gasteiger partial charge in [-0.15, -0.1) is 0 Å². The number of rotatable bonds is 3. The number of aromatic nitrogens is 2. The van der Waals surface area contributed by atoms with Crippen molar-refractivity contribution in [3.63, 3.8) is 0 Å². The Balaban J connectivity index is 1.95. The maximum absolute atomic E-state index is 11.3. The predicted molar refractivity (Wildman–Crippen MR) is 77.9 cm³/mol. The molecule has 3 N–H and O–H groups in total. The van der Waals surface area contributed by atoms with Crippen molar-refractivity contribution in [1.82, 2.24) is 14.9 Å². The van der Waals surface area contributed by atoms with Gasteiger partial charge in [0.25, 0.3) is 0 Å². The maximum atomic E-state index is 11.3.